The Balaban J connectivity index is 2.30. The van der Waals surface area contributed by atoms with Gasteiger partial charge in [0.25, 0.3) is 0 Å². The predicted octanol–water partition coefficient (Wildman–Crippen LogP) is 5.29. The Morgan fingerprint density at radius 2 is 1.57 bits per heavy atom. The molecule has 0 aliphatic heterocycles. The van der Waals surface area contributed by atoms with Gasteiger partial charge in [-0.25, -0.2) is 13.6 Å². The molecule has 1 heterocycles. The number of hydrogen-bond acceptors (Lipinski definition) is 3. The molecule has 0 aliphatic rings. The summed E-state index contributed by atoms with van der Waals surface area (Å²) in [5.74, 6) is -1.57. The van der Waals surface area contributed by atoms with Gasteiger partial charge in [0, 0.05) is 10.9 Å². The fourth-order valence-corrected chi connectivity index (χ4v) is 3.95. The lowest BCUT2D eigenvalue weighted by atomic mass is 9.92. The molecule has 0 spiro atoms. The minimum atomic E-state index is -0.968. The van der Waals surface area contributed by atoms with Crippen LogP contribution < -0.4 is 5.63 Å². The first-order valence-corrected chi connectivity index (χ1v) is 10.4. The van der Waals surface area contributed by atoms with Gasteiger partial charge in [0.1, 0.15) is 11.4 Å². The van der Waals surface area contributed by atoms with Crippen molar-refractivity contribution in [1.29, 1.82) is 0 Å². The molecule has 1 aromatic heterocycles. The van der Waals surface area contributed by atoms with E-state index in [0.717, 1.165) is 12.1 Å². The molecule has 0 N–H and O–H groups in total. The van der Waals surface area contributed by atoms with Crippen LogP contribution in [0.4, 0.5) is 8.78 Å². The summed E-state index contributed by atoms with van der Waals surface area (Å²) >= 11 is 0. The summed E-state index contributed by atoms with van der Waals surface area (Å²) in [7, 11) is -0.968. The summed E-state index contributed by atoms with van der Waals surface area (Å²) in [5.41, 5.74) is -0.404. The van der Waals surface area contributed by atoms with Crippen molar-refractivity contribution in [1.82, 2.24) is 0 Å². The van der Waals surface area contributed by atoms with Crippen LogP contribution in [0, 0.1) is 11.6 Å². The number of hydrogen-bond donors (Lipinski definition) is 0. The number of benzene rings is 2. The molecule has 0 fully saturated rings. The van der Waals surface area contributed by atoms with Gasteiger partial charge in [-0.05, 0) is 42.6 Å². The molecule has 3 rings (SSSR count). The van der Waals surface area contributed by atoms with E-state index >= 15 is 0 Å². The molecule has 0 aliphatic carbocycles. The number of fused-ring (bicyclic) bond motifs is 1. The Bertz CT molecular complexity index is 1080. The maximum absolute atomic E-state index is 14.0. The molecular weight excluding hydrogens is 378 g/mol. The Morgan fingerprint density at radius 1 is 0.929 bits per heavy atom. The molecule has 0 saturated heterocycles. The highest BCUT2D eigenvalue weighted by Crippen LogP contribution is 2.39. The van der Waals surface area contributed by atoms with Crippen molar-refractivity contribution in [2.24, 2.45) is 0 Å². The van der Waals surface area contributed by atoms with Gasteiger partial charge in [0.15, 0.2) is 21.4 Å². The van der Waals surface area contributed by atoms with Gasteiger partial charge < -0.3 is 8.84 Å². The van der Waals surface area contributed by atoms with Crippen molar-refractivity contribution >= 4 is 20.5 Å². The van der Waals surface area contributed by atoms with Gasteiger partial charge in [-0.1, -0.05) is 45.0 Å². The van der Waals surface area contributed by atoms with Crippen LogP contribution >= 0.6 is 0 Å². The van der Waals surface area contributed by atoms with Crippen LogP contribution in [0.1, 0.15) is 40.4 Å². The summed E-state index contributed by atoms with van der Waals surface area (Å²) < 4.78 is 39.4. The van der Waals surface area contributed by atoms with Crippen LogP contribution in [-0.2, 0) is 10.0 Å². The summed E-state index contributed by atoms with van der Waals surface area (Å²) in [5, 5.41) is 1.04. The highest BCUT2D eigenvalue weighted by atomic mass is 28.2. The van der Waals surface area contributed by atoms with Crippen molar-refractivity contribution < 1.29 is 17.6 Å². The van der Waals surface area contributed by atoms with Gasteiger partial charge in [-0.3, -0.25) is 0 Å². The molecule has 3 aromatic rings. The van der Waals surface area contributed by atoms with Crippen LogP contribution in [0.2, 0.25) is 5.04 Å². The Morgan fingerprint density at radius 3 is 2.18 bits per heavy atom. The Hall–Kier alpha value is -2.31. The van der Waals surface area contributed by atoms with Gasteiger partial charge in [-0.15, -0.1) is 0 Å². The monoisotopic (exact) mass is 402 g/mol. The van der Waals surface area contributed by atoms with Gasteiger partial charge >= 0.3 is 5.63 Å². The molecule has 148 valence electrons. The zero-order valence-electron chi connectivity index (χ0n) is 16.7. The SMILES string of the molecule is CC(C)(C)[SiH2]OC(C)(C)c1oc(=O)c2ccccc2c1-c1ccc(F)c(F)c1. The molecule has 0 radical (unpaired) electrons. The molecule has 2 aromatic carbocycles. The first kappa shape index (κ1) is 20.4. The second-order valence-electron chi connectivity index (χ2n) is 8.63. The molecule has 6 heteroatoms. The zero-order chi connectivity index (χ0) is 20.7. The lowest BCUT2D eigenvalue weighted by Gasteiger charge is -2.30. The predicted molar refractivity (Wildman–Crippen MR) is 110 cm³/mol. The lowest BCUT2D eigenvalue weighted by Crippen LogP contribution is -2.29. The smallest absolute Gasteiger partial charge is 0.343 e. The third-order valence-electron chi connectivity index (χ3n) is 4.46. The molecular formula is C22H24F2O3Si. The molecule has 0 saturated carbocycles. The maximum atomic E-state index is 14.0. The second kappa shape index (κ2) is 7.26. The van der Waals surface area contributed by atoms with E-state index in [-0.39, 0.29) is 5.04 Å². The zero-order valence-corrected chi connectivity index (χ0v) is 18.1. The van der Waals surface area contributed by atoms with E-state index in [1.54, 1.807) is 24.3 Å². The number of halogens is 2. The normalized spacial score (nSPS) is 13.0. The van der Waals surface area contributed by atoms with E-state index in [4.69, 9.17) is 8.84 Å². The fourth-order valence-electron chi connectivity index (χ4n) is 3.02. The third-order valence-corrected chi connectivity index (χ3v) is 6.19. The highest BCUT2D eigenvalue weighted by molar-refractivity contribution is 6.31. The van der Waals surface area contributed by atoms with Crippen molar-refractivity contribution in [3.63, 3.8) is 0 Å². The largest absolute Gasteiger partial charge is 0.424 e. The maximum Gasteiger partial charge on any atom is 0.343 e. The lowest BCUT2D eigenvalue weighted by molar-refractivity contribution is 0.0804. The Labute approximate surface area is 165 Å². The Kier molecular flexibility index (Phi) is 5.29. The average molecular weight is 403 g/mol. The number of rotatable bonds is 4. The van der Waals surface area contributed by atoms with Crippen LogP contribution in [0.15, 0.2) is 51.7 Å². The standard InChI is InChI=1S/C22H24F2O3Si/c1-21(2,3)28-27-22(4,5)19-18(13-10-11-16(23)17(24)12-13)14-8-6-7-9-15(14)20(25)26-19/h6-12H,28H2,1-5H3. The molecule has 0 bridgehead atoms. The summed E-state index contributed by atoms with van der Waals surface area (Å²) in [6, 6.07) is 10.7. The van der Waals surface area contributed by atoms with E-state index in [2.05, 4.69) is 20.8 Å². The van der Waals surface area contributed by atoms with Crippen LogP contribution in [0.3, 0.4) is 0 Å². The van der Waals surface area contributed by atoms with E-state index in [1.807, 2.05) is 13.8 Å². The molecule has 0 atom stereocenters. The molecule has 0 amide bonds. The van der Waals surface area contributed by atoms with E-state index < -0.39 is 32.6 Å². The van der Waals surface area contributed by atoms with Crippen LogP contribution in [0.5, 0.6) is 0 Å². The fraction of sp³-hybridized carbons (Fsp3) is 0.318. The summed E-state index contributed by atoms with van der Waals surface area (Å²) in [6.07, 6.45) is 0. The van der Waals surface area contributed by atoms with Crippen molar-refractivity contribution in [2.45, 2.75) is 45.3 Å². The van der Waals surface area contributed by atoms with E-state index in [9.17, 15) is 13.6 Å². The minimum absolute atomic E-state index is 0.0383. The first-order chi connectivity index (χ1) is 13.0. The average Bonchev–Trinajstić information content (AvgIpc) is 2.62. The highest BCUT2D eigenvalue weighted by Gasteiger charge is 2.32. The second-order valence-corrected chi connectivity index (χ2v) is 11.3. The summed E-state index contributed by atoms with van der Waals surface area (Å²) in [4.78, 5) is 12.6. The molecule has 0 unspecified atom stereocenters. The van der Waals surface area contributed by atoms with E-state index in [1.165, 1.54) is 6.07 Å². The van der Waals surface area contributed by atoms with Gasteiger partial charge in [0.2, 0.25) is 0 Å². The van der Waals surface area contributed by atoms with Crippen molar-refractivity contribution in [3.05, 3.63) is 70.3 Å². The first-order valence-electron chi connectivity index (χ1n) is 9.15. The topological polar surface area (TPSA) is 39.4 Å². The minimum Gasteiger partial charge on any atom is -0.424 e. The van der Waals surface area contributed by atoms with Gasteiger partial charge in [0.05, 0.1) is 5.39 Å². The summed E-state index contributed by atoms with van der Waals surface area (Å²) in [6.45, 7) is 9.97. The quantitative estimate of drug-likeness (QED) is 0.557. The molecule has 3 nitrogen and oxygen atoms in total. The van der Waals surface area contributed by atoms with E-state index in [0.29, 0.717) is 27.7 Å². The van der Waals surface area contributed by atoms with Crippen molar-refractivity contribution in [2.75, 3.05) is 0 Å². The molecule has 28 heavy (non-hydrogen) atoms. The van der Waals surface area contributed by atoms with Crippen LogP contribution in [0.25, 0.3) is 21.9 Å². The van der Waals surface area contributed by atoms with Crippen LogP contribution in [-0.4, -0.2) is 9.76 Å². The van der Waals surface area contributed by atoms with Crippen molar-refractivity contribution in [3.8, 4) is 11.1 Å². The third kappa shape index (κ3) is 4.08. The van der Waals surface area contributed by atoms with Gasteiger partial charge in [-0.2, -0.15) is 0 Å².